The molecular weight excluding hydrogens is 146 g/mol. The van der Waals surface area contributed by atoms with E-state index >= 15 is 0 Å². The van der Waals surface area contributed by atoms with Crippen LogP contribution in [0.5, 0.6) is 0 Å². The van der Waals surface area contributed by atoms with Crippen molar-refractivity contribution in [3.05, 3.63) is 0 Å². The Kier molecular flexibility index (Phi) is 2.69. The Bertz CT molecular complexity index is 135. The maximum absolute atomic E-state index is 5.93. The van der Waals surface area contributed by atoms with E-state index in [9.17, 15) is 0 Å². The van der Waals surface area contributed by atoms with E-state index in [0.29, 0.717) is 6.04 Å². The molecule has 0 radical (unpaired) electrons. The first-order valence-electron chi connectivity index (χ1n) is 5.62. The highest BCUT2D eigenvalue weighted by atomic mass is 14.6. The average molecular weight is 167 g/mol. The molecule has 0 unspecified atom stereocenters. The van der Waals surface area contributed by atoms with Crippen LogP contribution in [-0.4, -0.2) is 6.04 Å². The van der Waals surface area contributed by atoms with Crippen molar-refractivity contribution in [1.82, 2.24) is 0 Å². The van der Waals surface area contributed by atoms with Crippen LogP contribution in [0.2, 0.25) is 0 Å². The van der Waals surface area contributed by atoms with Gasteiger partial charge in [0.25, 0.3) is 0 Å². The van der Waals surface area contributed by atoms with Crippen LogP contribution in [-0.2, 0) is 0 Å². The molecule has 1 heteroatoms. The lowest BCUT2D eigenvalue weighted by Gasteiger charge is -2.27. The molecule has 0 aromatic heterocycles. The average Bonchev–Trinajstić information content (AvgIpc) is 2.54. The molecule has 0 amide bonds. The minimum atomic E-state index is 0.539. The lowest BCUT2D eigenvalue weighted by Crippen LogP contribution is -2.19. The second kappa shape index (κ2) is 3.78. The van der Waals surface area contributed by atoms with Gasteiger partial charge in [-0.3, -0.25) is 0 Å². The largest absolute Gasteiger partial charge is 0.328 e. The minimum absolute atomic E-state index is 0.539. The molecule has 70 valence electrons. The van der Waals surface area contributed by atoms with Gasteiger partial charge in [-0.25, -0.2) is 0 Å². The van der Waals surface area contributed by atoms with Gasteiger partial charge in [0.1, 0.15) is 0 Å². The summed E-state index contributed by atoms with van der Waals surface area (Å²) in [7, 11) is 0. The van der Waals surface area contributed by atoms with Crippen LogP contribution in [0, 0.1) is 11.8 Å². The quantitative estimate of drug-likeness (QED) is 0.638. The lowest BCUT2D eigenvalue weighted by molar-refractivity contribution is 0.250. The van der Waals surface area contributed by atoms with Crippen molar-refractivity contribution in [2.24, 2.45) is 17.6 Å². The molecule has 2 N–H and O–H groups in total. The second-order valence-electron chi connectivity index (χ2n) is 4.73. The summed E-state index contributed by atoms with van der Waals surface area (Å²) >= 11 is 0. The predicted molar refractivity (Wildman–Crippen MR) is 51.9 cm³/mol. The highest BCUT2D eigenvalue weighted by molar-refractivity contribution is 4.83. The van der Waals surface area contributed by atoms with Crippen LogP contribution in [0.25, 0.3) is 0 Å². The van der Waals surface area contributed by atoms with E-state index in [2.05, 4.69) is 0 Å². The Morgan fingerprint density at radius 2 is 1.50 bits per heavy atom. The molecule has 2 fully saturated rings. The van der Waals surface area contributed by atoms with Crippen molar-refractivity contribution in [2.75, 3.05) is 0 Å². The zero-order valence-electron chi connectivity index (χ0n) is 7.97. The van der Waals surface area contributed by atoms with Crippen LogP contribution < -0.4 is 5.73 Å². The van der Waals surface area contributed by atoms with Crippen LogP contribution in [0.3, 0.4) is 0 Å². The fraction of sp³-hybridized carbons (Fsp3) is 1.00. The molecule has 2 saturated carbocycles. The highest BCUT2D eigenvalue weighted by Gasteiger charge is 2.29. The van der Waals surface area contributed by atoms with Gasteiger partial charge in [0, 0.05) is 6.04 Å². The molecule has 0 aromatic carbocycles. The summed E-state index contributed by atoms with van der Waals surface area (Å²) in [6.07, 6.45) is 11.5. The molecule has 0 aliphatic heterocycles. The Labute approximate surface area is 75.7 Å². The third-order valence-electron chi connectivity index (χ3n) is 3.83. The normalized spacial score (nSPS) is 38.8. The van der Waals surface area contributed by atoms with Gasteiger partial charge in [0.15, 0.2) is 0 Å². The smallest absolute Gasteiger partial charge is 0.00416 e. The van der Waals surface area contributed by atoms with Crippen LogP contribution in [0.4, 0.5) is 0 Å². The van der Waals surface area contributed by atoms with Crippen molar-refractivity contribution >= 4 is 0 Å². The zero-order chi connectivity index (χ0) is 8.39. The SMILES string of the molecule is N[C@H]1CC[C@@H](C2CCCCC2)C1. The highest BCUT2D eigenvalue weighted by Crippen LogP contribution is 2.38. The summed E-state index contributed by atoms with van der Waals surface area (Å²) in [6.45, 7) is 0. The van der Waals surface area contributed by atoms with Crippen molar-refractivity contribution in [3.8, 4) is 0 Å². The number of hydrogen-bond acceptors (Lipinski definition) is 1. The van der Waals surface area contributed by atoms with Crippen molar-refractivity contribution < 1.29 is 0 Å². The van der Waals surface area contributed by atoms with E-state index in [-0.39, 0.29) is 0 Å². The Morgan fingerprint density at radius 3 is 2.08 bits per heavy atom. The number of hydrogen-bond donors (Lipinski definition) is 1. The summed E-state index contributed by atoms with van der Waals surface area (Å²) in [5.41, 5.74) is 5.93. The molecule has 0 aromatic rings. The van der Waals surface area contributed by atoms with Gasteiger partial charge in [-0.2, -0.15) is 0 Å². The molecule has 0 bridgehead atoms. The van der Waals surface area contributed by atoms with Gasteiger partial charge in [-0.15, -0.1) is 0 Å². The summed E-state index contributed by atoms with van der Waals surface area (Å²) in [4.78, 5) is 0. The van der Waals surface area contributed by atoms with Gasteiger partial charge in [0.05, 0.1) is 0 Å². The standard InChI is InChI=1S/C11H21N/c12-11-7-6-10(8-11)9-4-2-1-3-5-9/h9-11H,1-8,12H2/t10-,11+/m1/s1. The third kappa shape index (κ3) is 1.82. The van der Waals surface area contributed by atoms with E-state index in [0.717, 1.165) is 11.8 Å². The molecule has 2 rings (SSSR count). The Morgan fingerprint density at radius 1 is 0.750 bits per heavy atom. The molecule has 0 saturated heterocycles. The fourth-order valence-corrected chi connectivity index (χ4v) is 3.09. The first kappa shape index (κ1) is 8.55. The van der Waals surface area contributed by atoms with E-state index in [1.54, 1.807) is 0 Å². The second-order valence-corrected chi connectivity index (χ2v) is 4.73. The molecule has 2 aliphatic rings. The van der Waals surface area contributed by atoms with E-state index in [4.69, 9.17) is 5.73 Å². The van der Waals surface area contributed by atoms with E-state index in [1.165, 1.54) is 51.4 Å². The number of nitrogens with two attached hydrogens (primary N) is 1. The summed E-state index contributed by atoms with van der Waals surface area (Å²) in [5, 5.41) is 0. The summed E-state index contributed by atoms with van der Waals surface area (Å²) in [5.74, 6) is 2.05. The molecule has 0 heterocycles. The minimum Gasteiger partial charge on any atom is -0.328 e. The molecule has 1 nitrogen and oxygen atoms in total. The Hall–Kier alpha value is -0.0400. The maximum Gasteiger partial charge on any atom is 0.00416 e. The monoisotopic (exact) mass is 167 g/mol. The first-order valence-corrected chi connectivity index (χ1v) is 5.62. The van der Waals surface area contributed by atoms with Crippen molar-refractivity contribution in [1.29, 1.82) is 0 Å². The first-order chi connectivity index (χ1) is 5.86. The fourth-order valence-electron chi connectivity index (χ4n) is 3.09. The van der Waals surface area contributed by atoms with Gasteiger partial charge in [0.2, 0.25) is 0 Å². The van der Waals surface area contributed by atoms with Crippen molar-refractivity contribution in [2.45, 2.75) is 57.4 Å². The maximum atomic E-state index is 5.93. The van der Waals surface area contributed by atoms with E-state index in [1.807, 2.05) is 0 Å². The lowest BCUT2D eigenvalue weighted by atomic mass is 9.79. The van der Waals surface area contributed by atoms with Gasteiger partial charge in [-0.05, 0) is 31.1 Å². The van der Waals surface area contributed by atoms with Crippen LogP contribution in [0.1, 0.15) is 51.4 Å². The molecule has 2 aliphatic carbocycles. The van der Waals surface area contributed by atoms with Gasteiger partial charge in [-0.1, -0.05) is 32.1 Å². The van der Waals surface area contributed by atoms with Gasteiger partial charge >= 0.3 is 0 Å². The molecular formula is C11H21N. The summed E-state index contributed by atoms with van der Waals surface area (Å²) < 4.78 is 0. The van der Waals surface area contributed by atoms with E-state index < -0.39 is 0 Å². The summed E-state index contributed by atoms with van der Waals surface area (Å²) in [6, 6.07) is 0.539. The van der Waals surface area contributed by atoms with Gasteiger partial charge < -0.3 is 5.73 Å². The van der Waals surface area contributed by atoms with Crippen LogP contribution in [0.15, 0.2) is 0 Å². The van der Waals surface area contributed by atoms with Crippen molar-refractivity contribution in [3.63, 3.8) is 0 Å². The molecule has 12 heavy (non-hydrogen) atoms. The molecule has 2 atom stereocenters. The Balaban J connectivity index is 1.83. The topological polar surface area (TPSA) is 26.0 Å². The zero-order valence-corrected chi connectivity index (χ0v) is 7.97. The number of rotatable bonds is 1. The van der Waals surface area contributed by atoms with Crippen LogP contribution >= 0.6 is 0 Å². The molecule has 0 spiro atoms. The predicted octanol–water partition coefficient (Wildman–Crippen LogP) is 2.69. The third-order valence-corrected chi connectivity index (χ3v) is 3.83.